The molecule has 1 saturated carbocycles. The minimum Gasteiger partial charge on any atom is -0.477 e. The molecule has 11 heteroatoms. The lowest BCUT2D eigenvalue weighted by atomic mass is 9.73. The fourth-order valence-corrected chi connectivity index (χ4v) is 7.92. The number of hydrogen-bond acceptors (Lipinski definition) is 9. The number of rotatable bonds is 10. The number of carbonyl (C=O) groups is 4. The topological polar surface area (TPSA) is 162 Å². The maximum absolute atomic E-state index is 13.1. The molecule has 3 fully saturated rings. The molecule has 35 heavy (non-hydrogen) atoms. The van der Waals surface area contributed by atoms with E-state index >= 15 is 0 Å². The van der Waals surface area contributed by atoms with E-state index in [1.165, 1.54) is 23.6 Å². The van der Waals surface area contributed by atoms with Crippen LogP contribution in [0, 0.1) is 23.7 Å². The maximum atomic E-state index is 13.1. The van der Waals surface area contributed by atoms with Gasteiger partial charge in [-0.25, -0.2) is 4.79 Å². The van der Waals surface area contributed by atoms with Gasteiger partial charge in [0.05, 0.1) is 24.1 Å². The van der Waals surface area contributed by atoms with Crippen LogP contribution in [0.1, 0.15) is 46.5 Å². The third-order valence-electron chi connectivity index (χ3n) is 8.05. The van der Waals surface area contributed by atoms with Crippen molar-refractivity contribution >= 4 is 35.2 Å². The van der Waals surface area contributed by atoms with Crippen LogP contribution < -0.4 is 16.4 Å². The Morgan fingerprint density at radius 2 is 2.00 bits per heavy atom. The van der Waals surface area contributed by atoms with E-state index in [-0.39, 0.29) is 76.9 Å². The predicted octanol–water partition coefficient (Wildman–Crippen LogP) is 0.0526. The summed E-state index contributed by atoms with van der Waals surface area (Å²) in [5.74, 6) is -2.13. The van der Waals surface area contributed by atoms with Crippen LogP contribution >= 0.6 is 11.8 Å². The number of amides is 1. The molecule has 1 unspecified atom stereocenters. The Bertz CT molecular complexity index is 941. The molecule has 6 N–H and O–H groups in total. The standard InChI is InChI=1S/C24H36N4O6S/c1-10(4-11(2)29)18-19-12(3)22(20(24(33)34)28(19)23(18)32)35-14-7-16(26-8-14)21(31)13-5-15(27-9-25)17(30)6-13/h10,12-19,26-27,30H,4-9,25H2,1-3H3,(H,33,34)/t10-,12+,13?,14-,15+,16-,17-,18+,19-/m0/s1. The van der Waals surface area contributed by atoms with Gasteiger partial charge in [-0.05, 0) is 32.1 Å². The molecule has 0 bridgehead atoms. The molecule has 3 aliphatic heterocycles. The van der Waals surface area contributed by atoms with Gasteiger partial charge in [0.25, 0.3) is 0 Å². The second-order valence-electron chi connectivity index (χ2n) is 10.5. The number of nitrogens with one attached hydrogen (secondary N) is 2. The summed E-state index contributed by atoms with van der Waals surface area (Å²) < 4.78 is 0. The number of nitrogens with two attached hydrogens (primary N) is 1. The summed E-state index contributed by atoms with van der Waals surface area (Å²) >= 11 is 1.45. The summed E-state index contributed by atoms with van der Waals surface area (Å²) in [6, 6.07) is -0.762. The Balaban J connectivity index is 1.42. The number of aliphatic hydroxyl groups is 1. The van der Waals surface area contributed by atoms with Crippen molar-refractivity contribution in [3.8, 4) is 0 Å². The Hall–Kier alpha value is -1.79. The summed E-state index contributed by atoms with van der Waals surface area (Å²) in [6.07, 6.45) is 1.23. The van der Waals surface area contributed by atoms with Crippen molar-refractivity contribution < 1.29 is 29.4 Å². The Kier molecular flexibility index (Phi) is 7.73. The highest BCUT2D eigenvalue weighted by Crippen LogP contribution is 2.53. The quantitative estimate of drug-likeness (QED) is 0.201. The molecule has 194 valence electrons. The van der Waals surface area contributed by atoms with Gasteiger partial charge in [-0.2, -0.15) is 0 Å². The molecule has 0 radical (unpaired) electrons. The van der Waals surface area contributed by atoms with Crippen molar-refractivity contribution in [3.63, 3.8) is 0 Å². The van der Waals surface area contributed by atoms with E-state index in [0.717, 1.165) is 0 Å². The summed E-state index contributed by atoms with van der Waals surface area (Å²) in [6.45, 7) is 6.14. The highest BCUT2D eigenvalue weighted by Gasteiger charge is 2.60. The van der Waals surface area contributed by atoms with Crippen LogP contribution in [-0.2, 0) is 19.2 Å². The van der Waals surface area contributed by atoms with Gasteiger partial charge in [0, 0.05) is 47.7 Å². The zero-order valence-corrected chi connectivity index (χ0v) is 21.2. The lowest BCUT2D eigenvalue weighted by Crippen LogP contribution is -2.62. The fourth-order valence-electron chi connectivity index (χ4n) is 6.44. The first-order chi connectivity index (χ1) is 16.5. The molecular weight excluding hydrogens is 472 g/mol. The van der Waals surface area contributed by atoms with Crippen molar-refractivity contribution in [2.24, 2.45) is 29.4 Å². The van der Waals surface area contributed by atoms with Gasteiger partial charge in [0.15, 0.2) is 5.78 Å². The first kappa shape index (κ1) is 26.3. The first-order valence-corrected chi connectivity index (χ1v) is 13.3. The SMILES string of the molecule is CC(=O)C[C@H](C)[C@H]1C(=O)N2C(C(=O)O)=C(S[C@@H]3CN[C@H](C(=O)C4C[C@H](O)[C@H](NCN)C4)C3)[C@H](C)[C@@H]12. The molecular formula is C24H36N4O6S. The van der Waals surface area contributed by atoms with Gasteiger partial charge in [-0.3, -0.25) is 14.9 Å². The van der Waals surface area contributed by atoms with Crippen LogP contribution in [0.4, 0.5) is 0 Å². The molecule has 3 heterocycles. The minimum absolute atomic E-state index is 0.00179. The number of aliphatic hydroxyl groups excluding tert-OH is 1. The second-order valence-corrected chi connectivity index (χ2v) is 11.8. The molecule has 1 amide bonds. The number of fused-ring (bicyclic) bond motifs is 1. The minimum atomic E-state index is -1.12. The second kappa shape index (κ2) is 10.3. The highest BCUT2D eigenvalue weighted by molar-refractivity contribution is 8.03. The molecule has 4 rings (SSSR count). The number of aliphatic carboxylic acids is 1. The van der Waals surface area contributed by atoms with Crippen molar-refractivity contribution in [1.29, 1.82) is 0 Å². The average molecular weight is 509 g/mol. The third-order valence-corrected chi connectivity index (χ3v) is 9.56. The molecule has 10 nitrogen and oxygen atoms in total. The molecule has 2 saturated heterocycles. The zero-order chi connectivity index (χ0) is 25.6. The van der Waals surface area contributed by atoms with Gasteiger partial charge in [-0.1, -0.05) is 13.8 Å². The van der Waals surface area contributed by atoms with E-state index < -0.39 is 12.1 Å². The summed E-state index contributed by atoms with van der Waals surface area (Å²) in [5, 5.41) is 26.5. The van der Waals surface area contributed by atoms with Crippen LogP contribution in [0.3, 0.4) is 0 Å². The molecule has 0 aromatic rings. The Morgan fingerprint density at radius 3 is 2.63 bits per heavy atom. The number of hydrogen-bond donors (Lipinski definition) is 5. The van der Waals surface area contributed by atoms with Gasteiger partial charge < -0.3 is 31.0 Å². The van der Waals surface area contributed by atoms with Gasteiger partial charge in [-0.15, -0.1) is 11.8 Å². The maximum Gasteiger partial charge on any atom is 0.353 e. The average Bonchev–Trinajstić information content (AvgIpc) is 3.45. The largest absolute Gasteiger partial charge is 0.477 e. The number of thioether (sulfide) groups is 1. The summed E-state index contributed by atoms with van der Waals surface area (Å²) in [5.41, 5.74) is 5.57. The highest BCUT2D eigenvalue weighted by atomic mass is 32.2. The number of β-lactam (4-membered cyclic amide) rings is 1. The van der Waals surface area contributed by atoms with Gasteiger partial charge in [0.1, 0.15) is 11.5 Å². The summed E-state index contributed by atoms with van der Waals surface area (Å²) in [7, 11) is 0. The van der Waals surface area contributed by atoms with E-state index in [4.69, 9.17) is 5.73 Å². The van der Waals surface area contributed by atoms with E-state index in [9.17, 15) is 29.4 Å². The first-order valence-electron chi connectivity index (χ1n) is 12.4. The number of nitrogens with zero attached hydrogens (tertiary/aromatic N) is 1. The third kappa shape index (κ3) is 4.81. The van der Waals surface area contributed by atoms with E-state index in [0.29, 0.717) is 37.1 Å². The van der Waals surface area contributed by atoms with Crippen molar-refractivity contribution in [2.75, 3.05) is 13.2 Å². The molecule has 1 aliphatic carbocycles. The van der Waals surface area contributed by atoms with Crippen molar-refractivity contribution in [2.45, 2.75) is 75.9 Å². The predicted molar refractivity (Wildman–Crippen MR) is 130 cm³/mol. The van der Waals surface area contributed by atoms with Crippen LogP contribution in [0.5, 0.6) is 0 Å². The molecule has 0 aromatic carbocycles. The Morgan fingerprint density at radius 1 is 1.29 bits per heavy atom. The monoisotopic (exact) mass is 508 g/mol. The van der Waals surface area contributed by atoms with Crippen molar-refractivity contribution in [1.82, 2.24) is 15.5 Å². The van der Waals surface area contributed by atoms with E-state index in [1.54, 1.807) is 0 Å². The number of carbonyl (C=O) groups excluding carboxylic acids is 3. The van der Waals surface area contributed by atoms with Gasteiger partial charge in [0.2, 0.25) is 5.91 Å². The Labute approximate surface area is 209 Å². The normalized spacial score (nSPS) is 37.4. The van der Waals surface area contributed by atoms with Crippen LogP contribution in [0.15, 0.2) is 10.6 Å². The van der Waals surface area contributed by atoms with Crippen LogP contribution in [0.25, 0.3) is 0 Å². The lowest BCUT2D eigenvalue weighted by molar-refractivity contribution is -0.160. The molecule has 0 spiro atoms. The number of ketones is 2. The summed E-state index contributed by atoms with van der Waals surface area (Å²) in [4.78, 5) is 51.9. The van der Waals surface area contributed by atoms with Crippen LogP contribution in [0.2, 0.25) is 0 Å². The number of carboxylic acid groups (broad SMARTS) is 1. The molecule has 0 aromatic heterocycles. The number of Topliss-reactive ketones (excluding diaryl/α,β-unsaturated/α-hetero) is 2. The number of carboxylic acids is 1. The van der Waals surface area contributed by atoms with Gasteiger partial charge >= 0.3 is 5.97 Å². The fraction of sp³-hybridized carbons (Fsp3) is 0.750. The smallest absolute Gasteiger partial charge is 0.353 e. The molecule has 4 aliphatic rings. The van der Waals surface area contributed by atoms with E-state index in [2.05, 4.69) is 10.6 Å². The van der Waals surface area contributed by atoms with E-state index in [1.807, 2.05) is 13.8 Å². The van der Waals surface area contributed by atoms with Crippen LogP contribution in [-0.4, -0.2) is 81.2 Å². The zero-order valence-electron chi connectivity index (χ0n) is 20.4. The molecule has 9 atom stereocenters. The van der Waals surface area contributed by atoms with Crippen molar-refractivity contribution in [3.05, 3.63) is 10.6 Å². The lowest BCUT2D eigenvalue weighted by Gasteiger charge is -2.47.